The van der Waals surface area contributed by atoms with Crippen LogP contribution in [0.3, 0.4) is 0 Å². The minimum atomic E-state index is -4.90. The van der Waals surface area contributed by atoms with E-state index in [0.717, 1.165) is 6.42 Å². The average molecular weight is 637 g/mol. The van der Waals surface area contributed by atoms with Crippen molar-refractivity contribution in [2.75, 3.05) is 13.7 Å². The first-order valence-corrected chi connectivity index (χ1v) is 15.1. The molecule has 2 aromatic rings. The van der Waals surface area contributed by atoms with E-state index in [9.17, 15) is 37.1 Å². The van der Waals surface area contributed by atoms with Crippen molar-refractivity contribution in [3.05, 3.63) is 30.0 Å². The Morgan fingerprint density at radius 1 is 1.07 bits per heavy atom. The normalized spacial score (nSPS) is 17.4. The fourth-order valence-corrected chi connectivity index (χ4v) is 5.47. The Morgan fingerprint density at radius 2 is 1.76 bits per heavy atom. The number of hydrogen-bond donors (Lipinski definition) is 2. The van der Waals surface area contributed by atoms with Gasteiger partial charge < -0.3 is 19.8 Å². The molecule has 45 heavy (non-hydrogen) atoms. The van der Waals surface area contributed by atoms with E-state index in [1.54, 1.807) is 24.3 Å². The van der Waals surface area contributed by atoms with E-state index in [1.165, 1.54) is 7.11 Å². The molecule has 0 saturated heterocycles. The summed E-state index contributed by atoms with van der Waals surface area (Å²) in [5.74, 6) is -4.34. The third-order valence-corrected chi connectivity index (χ3v) is 8.28. The monoisotopic (exact) mass is 636 g/mol. The highest BCUT2D eigenvalue weighted by atomic mass is 19.4. The highest BCUT2D eigenvalue weighted by Crippen LogP contribution is 2.38. The number of carbonyl (C=O) groups is 5. The van der Waals surface area contributed by atoms with Gasteiger partial charge in [0, 0.05) is 35.6 Å². The quantitative estimate of drug-likeness (QED) is 0.200. The predicted molar refractivity (Wildman–Crippen MR) is 161 cm³/mol. The number of H-pyrrole nitrogens is 1. The predicted octanol–water partition coefficient (Wildman–Crippen LogP) is 6.14. The molecule has 1 amide bonds. The summed E-state index contributed by atoms with van der Waals surface area (Å²) in [6.07, 6.45) is -2.64. The number of carbonyl (C=O) groups excluding carboxylic acids is 5. The molecule has 1 aromatic heterocycles. The number of esters is 1. The van der Waals surface area contributed by atoms with Crippen molar-refractivity contribution in [1.29, 1.82) is 0 Å². The zero-order valence-corrected chi connectivity index (χ0v) is 26.7. The highest BCUT2D eigenvalue weighted by molar-refractivity contribution is 6.02. The molecule has 0 bridgehead atoms. The maximum absolute atomic E-state index is 13.7. The number of aromatic amines is 1. The van der Waals surface area contributed by atoms with Crippen LogP contribution in [-0.2, 0) is 23.9 Å². The van der Waals surface area contributed by atoms with Crippen LogP contribution in [0.4, 0.5) is 13.2 Å². The molecule has 2 N–H and O–H groups in total. The van der Waals surface area contributed by atoms with E-state index >= 15 is 0 Å². The number of hydrogen-bond acceptors (Lipinski definition) is 7. The van der Waals surface area contributed by atoms with Gasteiger partial charge in [-0.25, -0.2) is 0 Å². The smallest absolute Gasteiger partial charge is 0.404 e. The second kappa shape index (κ2) is 14.2. The fraction of sp³-hybridized carbons (Fsp3) is 0.606. The topological polar surface area (TPSA) is 132 Å². The molecule has 1 saturated carbocycles. The van der Waals surface area contributed by atoms with E-state index < -0.39 is 59.2 Å². The molecule has 0 aliphatic heterocycles. The number of amides is 1. The van der Waals surface area contributed by atoms with E-state index in [2.05, 4.69) is 10.3 Å². The van der Waals surface area contributed by atoms with Crippen LogP contribution in [0.2, 0.25) is 0 Å². The molecule has 1 aromatic carbocycles. The fourth-order valence-electron chi connectivity index (χ4n) is 5.47. The average Bonchev–Trinajstić information content (AvgIpc) is 3.39. The molecule has 1 aliphatic rings. The standard InChI is InChI=1S/C33H43F3N2O7/c1-31(2,3)17-20(15-26(40)24-16-21-22(37-24)11-9-13-28(21)44-6)29(42)38-23(14-19-10-7-8-12-25(19)39)27(41)18-45-30(43)32(4,5)33(34,35)36/h9,11,13,16,19-20,23,37H,7-8,10,12,14-15,17-18H2,1-6H3,(H,38,42)/t19-,20-,23-/m0/s1. The number of fused-ring (bicyclic) bond motifs is 1. The zero-order valence-electron chi connectivity index (χ0n) is 26.7. The molecular formula is C33H43F3N2O7. The summed E-state index contributed by atoms with van der Waals surface area (Å²) in [5, 5.41) is 3.37. The number of ether oxygens (including phenoxy) is 2. The number of rotatable bonds is 13. The van der Waals surface area contributed by atoms with Crippen molar-refractivity contribution in [2.24, 2.45) is 22.7 Å². The molecule has 0 spiro atoms. The van der Waals surface area contributed by atoms with Crippen molar-refractivity contribution in [1.82, 2.24) is 10.3 Å². The number of nitrogens with one attached hydrogen (secondary N) is 2. The van der Waals surface area contributed by atoms with Crippen molar-refractivity contribution in [3.63, 3.8) is 0 Å². The van der Waals surface area contributed by atoms with Gasteiger partial charge in [0.15, 0.2) is 23.6 Å². The Hall–Kier alpha value is -3.70. The van der Waals surface area contributed by atoms with Crippen LogP contribution < -0.4 is 10.1 Å². The van der Waals surface area contributed by atoms with Crippen LogP contribution in [0.5, 0.6) is 5.75 Å². The molecule has 12 heteroatoms. The number of Topliss-reactive ketones (excluding diaryl/α,β-unsaturated/α-hetero) is 3. The second-order valence-electron chi connectivity index (χ2n) is 13.6. The van der Waals surface area contributed by atoms with Gasteiger partial charge in [0.2, 0.25) is 5.91 Å². The molecular weight excluding hydrogens is 593 g/mol. The van der Waals surface area contributed by atoms with Gasteiger partial charge in [0.05, 0.1) is 18.8 Å². The second-order valence-corrected chi connectivity index (χ2v) is 13.6. The number of benzene rings is 1. The van der Waals surface area contributed by atoms with Crippen LogP contribution in [0.25, 0.3) is 10.9 Å². The summed E-state index contributed by atoms with van der Waals surface area (Å²) in [5.41, 5.74) is -2.29. The highest BCUT2D eigenvalue weighted by Gasteiger charge is 2.54. The first kappa shape index (κ1) is 35.8. The van der Waals surface area contributed by atoms with Gasteiger partial charge >= 0.3 is 12.1 Å². The van der Waals surface area contributed by atoms with Gasteiger partial charge in [0.1, 0.15) is 11.5 Å². The number of ketones is 3. The summed E-state index contributed by atoms with van der Waals surface area (Å²) < 4.78 is 50.1. The molecule has 1 fully saturated rings. The van der Waals surface area contributed by atoms with E-state index in [0.29, 0.717) is 49.8 Å². The molecule has 3 rings (SSSR count). The molecule has 1 aliphatic carbocycles. The van der Waals surface area contributed by atoms with Crippen LogP contribution in [-0.4, -0.2) is 60.1 Å². The van der Waals surface area contributed by atoms with Crippen molar-refractivity contribution >= 4 is 40.1 Å². The van der Waals surface area contributed by atoms with Crippen molar-refractivity contribution in [2.45, 2.75) is 91.8 Å². The first-order chi connectivity index (χ1) is 20.8. The van der Waals surface area contributed by atoms with Gasteiger partial charge in [-0.1, -0.05) is 33.3 Å². The lowest BCUT2D eigenvalue weighted by molar-refractivity contribution is -0.224. The zero-order chi connectivity index (χ0) is 33.7. The van der Waals surface area contributed by atoms with Crippen LogP contribution in [0.15, 0.2) is 24.3 Å². The van der Waals surface area contributed by atoms with E-state index in [1.807, 2.05) is 20.8 Å². The summed E-state index contributed by atoms with van der Waals surface area (Å²) in [6.45, 7) is 5.99. The Kier molecular flexibility index (Phi) is 11.3. The maximum atomic E-state index is 13.7. The van der Waals surface area contributed by atoms with Gasteiger partial charge in [-0.15, -0.1) is 0 Å². The van der Waals surface area contributed by atoms with E-state index in [4.69, 9.17) is 9.47 Å². The van der Waals surface area contributed by atoms with Crippen molar-refractivity contribution in [3.8, 4) is 5.75 Å². The van der Waals surface area contributed by atoms with Crippen molar-refractivity contribution < 1.29 is 46.6 Å². The van der Waals surface area contributed by atoms with Crippen LogP contribution >= 0.6 is 0 Å². The Balaban J connectivity index is 1.83. The van der Waals surface area contributed by atoms with Gasteiger partial charge in [-0.2, -0.15) is 13.2 Å². The minimum absolute atomic E-state index is 0.0702. The van der Waals surface area contributed by atoms with Crippen LogP contribution in [0.1, 0.15) is 90.1 Å². The molecule has 0 radical (unpaired) electrons. The largest absolute Gasteiger partial charge is 0.496 e. The molecule has 248 valence electrons. The summed E-state index contributed by atoms with van der Waals surface area (Å²) >= 11 is 0. The van der Waals surface area contributed by atoms with E-state index in [-0.39, 0.29) is 36.5 Å². The van der Waals surface area contributed by atoms with Crippen LogP contribution in [0, 0.1) is 22.7 Å². The molecule has 0 unspecified atom stereocenters. The Labute approximate surface area is 261 Å². The summed E-state index contributed by atoms with van der Waals surface area (Å²) in [6, 6.07) is 5.67. The van der Waals surface area contributed by atoms with Gasteiger partial charge in [-0.3, -0.25) is 24.0 Å². The Bertz CT molecular complexity index is 1420. The lowest BCUT2D eigenvalue weighted by atomic mass is 9.80. The SMILES string of the molecule is COc1cccc2[nH]c(C(=O)C[C@@H](CC(C)(C)C)C(=O)N[C@@H](C[C@@H]3CCCCC3=O)C(=O)COC(=O)C(C)(C)C(F)(F)F)cc12. The molecule has 1 heterocycles. The number of aromatic nitrogens is 1. The number of alkyl halides is 3. The summed E-state index contributed by atoms with van der Waals surface area (Å²) in [4.78, 5) is 68.4. The maximum Gasteiger partial charge on any atom is 0.404 e. The third kappa shape index (κ3) is 9.17. The lowest BCUT2D eigenvalue weighted by Gasteiger charge is -2.29. The molecule has 3 atom stereocenters. The molecule has 9 nitrogen and oxygen atoms in total. The number of methoxy groups -OCH3 is 1. The Morgan fingerprint density at radius 3 is 2.36 bits per heavy atom. The summed E-state index contributed by atoms with van der Waals surface area (Å²) in [7, 11) is 1.52. The minimum Gasteiger partial charge on any atom is -0.496 e. The lowest BCUT2D eigenvalue weighted by Crippen LogP contribution is -2.48. The number of halogens is 3. The van der Waals surface area contributed by atoms with Gasteiger partial charge in [-0.05, 0) is 63.1 Å². The third-order valence-electron chi connectivity index (χ3n) is 8.28. The first-order valence-electron chi connectivity index (χ1n) is 15.1. The van der Waals surface area contributed by atoms with Gasteiger partial charge in [0.25, 0.3) is 0 Å².